The van der Waals surface area contributed by atoms with E-state index in [9.17, 15) is 8.42 Å². The maximum absolute atomic E-state index is 13.4. The zero-order valence-electron chi connectivity index (χ0n) is 15.3. The number of sulfonamides is 1. The van der Waals surface area contributed by atoms with Crippen LogP contribution in [0.25, 0.3) is 10.8 Å². The van der Waals surface area contributed by atoms with Crippen LogP contribution >= 0.6 is 11.6 Å². The number of piperidine rings is 1. The van der Waals surface area contributed by atoms with Crippen molar-refractivity contribution in [2.24, 2.45) is 11.7 Å². The molecular formula is C21H22ClN3O2S. The quantitative estimate of drug-likeness (QED) is 0.657. The lowest BCUT2D eigenvalue weighted by atomic mass is 9.89. The molecule has 0 radical (unpaired) electrons. The third kappa shape index (κ3) is 3.65. The van der Waals surface area contributed by atoms with Crippen molar-refractivity contribution in [3.8, 4) is 0 Å². The van der Waals surface area contributed by atoms with E-state index in [1.54, 1.807) is 24.3 Å². The maximum atomic E-state index is 13.4. The first-order valence-corrected chi connectivity index (χ1v) is 11.1. The van der Waals surface area contributed by atoms with Gasteiger partial charge in [0.25, 0.3) is 0 Å². The lowest BCUT2D eigenvalue weighted by Crippen LogP contribution is -2.51. The molecule has 28 heavy (non-hydrogen) atoms. The van der Waals surface area contributed by atoms with E-state index in [1.165, 1.54) is 16.1 Å². The fourth-order valence-corrected chi connectivity index (χ4v) is 5.95. The monoisotopic (exact) mass is 415 g/mol. The highest BCUT2D eigenvalue weighted by Gasteiger charge is 2.35. The number of benzene rings is 2. The molecule has 0 spiro atoms. The van der Waals surface area contributed by atoms with Gasteiger partial charge in [-0.25, -0.2) is 13.4 Å². The van der Waals surface area contributed by atoms with E-state index in [0.717, 1.165) is 12.8 Å². The van der Waals surface area contributed by atoms with Gasteiger partial charge in [-0.3, -0.25) is 0 Å². The van der Waals surface area contributed by atoms with Crippen molar-refractivity contribution < 1.29 is 8.42 Å². The Bertz CT molecular complexity index is 1090. The third-order valence-electron chi connectivity index (χ3n) is 5.37. The maximum Gasteiger partial charge on any atom is 0.245 e. The summed E-state index contributed by atoms with van der Waals surface area (Å²) in [6.45, 7) is 0.413. The smallest absolute Gasteiger partial charge is 0.245 e. The van der Waals surface area contributed by atoms with Gasteiger partial charge in [0.15, 0.2) is 0 Å². The van der Waals surface area contributed by atoms with Crippen molar-refractivity contribution in [2.75, 3.05) is 6.54 Å². The minimum Gasteiger partial charge on any atom is -0.315 e. The molecule has 4 rings (SSSR count). The molecule has 2 heterocycles. The van der Waals surface area contributed by atoms with Crippen molar-refractivity contribution >= 4 is 32.4 Å². The molecule has 5 nitrogen and oxygen atoms in total. The van der Waals surface area contributed by atoms with Crippen LogP contribution in [0, 0.1) is 5.92 Å². The van der Waals surface area contributed by atoms with Crippen LogP contribution in [-0.2, 0) is 16.4 Å². The molecule has 1 aliphatic heterocycles. The predicted octanol–water partition coefficient (Wildman–Crippen LogP) is 3.82. The molecule has 2 unspecified atom stereocenters. The molecule has 1 aromatic heterocycles. The molecule has 2 aromatic carbocycles. The molecule has 1 fully saturated rings. The van der Waals surface area contributed by atoms with Gasteiger partial charge in [0.2, 0.25) is 10.0 Å². The normalized spacial score (nSPS) is 21.1. The first-order valence-electron chi connectivity index (χ1n) is 9.31. The summed E-state index contributed by atoms with van der Waals surface area (Å²) in [6.07, 6.45) is 3.32. The van der Waals surface area contributed by atoms with E-state index >= 15 is 0 Å². The van der Waals surface area contributed by atoms with Gasteiger partial charge >= 0.3 is 0 Å². The summed E-state index contributed by atoms with van der Waals surface area (Å²) in [4.78, 5) is 4.27. The Morgan fingerprint density at radius 1 is 1.07 bits per heavy atom. The van der Waals surface area contributed by atoms with E-state index in [2.05, 4.69) is 17.1 Å². The van der Waals surface area contributed by atoms with E-state index in [-0.39, 0.29) is 4.90 Å². The van der Waals surface area contributed by atoms with Crippen LogP contribution in [-0.4, -0.2) is 30.4 Å². The van der Waals surface area contributed by atoms with Gasteiger partial charge in [-0.05, 0) is 42.9 Å². The lowest BCUT2D eigenvalue weighted by Gasteiger charge is -2.36. The second-order valence-electron chi connectivity index (χ2n) is 7.22. The lowest BCUT2D eigenvalue weighted by molar-refractivity contribution is 0.200. The Kier molecular flexibility index (Phi) is 5.38. The molecule has 7 heteroatoms. The second-order valence-corrected chi connectivity index (χ2v) is 9.43. The number of nitrogens with two attached hydrogens (primary N) is 1. The fourth-order valence-electron chi connectivity index (χ4n) is 3.98. The van der Waals surface area contributed by atoms with Crippen LogP contribution < -0.4 is 5.73 Å². The molecule has 1 saturated heterocycles. The first kappa shape index (κ1) is 19.3. The molecule has 0 saturated carbocycles. The summed E-state index contributed by atoms with van der Waals surface area (Å²) in [7, 11) is -3.73. The standard InChI is InChI=1S/C21H22ClN3O2S/c22-21-18-7-4-8-19(17(18)9-11-24-21)28(26,27)25-12-10-16(14-20(25)23)13-15-5-2-1-3-6-15/h1-9,11,16,20H,10,12-14,23H2. The third-order valence-corrected chi connectivity index (χ3v) is 7.66. The SMILES string of the molecule is NC1CC(Cc2ccccc2)CCN1S(=O)(=O)c1cccc2c(Cl)nccc12. The highest BCUT2D eigenvalue weighted by atomic mass is 35.5. The Morgan fingerprint density at radius 3 is 2.61 bits per heavy atom. The summed E-state index contributed by atoms with van der Waals surface area (Å²) in [5.74, 6) is 0.370. The van der Waals surface area contributed by atoms with Gasteiger partial charge in [-0.15, -0.1) is 0 Å². The van der Waals surface area contributed by atoms with Crippen LogP contribution in [0.5, 0.6) is 0 Å². The number of aromatic nitrogens is 1. The van der Waals surface area contributed by atoms with Crippen LogP contribution in [0.1, 0.15) is 18.4 Å². The minimum absolute atomic E-state index is 0.228. The van der Waals surface area contributed by atoms with Crippen molar-refractivity contribution in [3.63, 3.8) is 0 Å². The van der Waals surface area contributed by atoms with E-state index < -0.39 is 16.2 Å². The van der Waals surface area contributed by atoms with E-state index in [0.29, 0.717) is 34.8 Å². The first-order chi connectivity index (χ1) is 13.5. The summed E-state index contributed by atoms with van der Waals surface area (Å²) in [5.41, 5.74) is 7.59. The average Bonchev–Trinajstić information content (AvgIpc) is 2.68. The zero-order chi connectivity index (χ0) is 19.7. The van der Waals surface area contributed by atoms with Crippen molar-refractivity contribution in [2.45, 2.75) is 30.3 Å². The molecule has 2 atom stereocenters. The Balaban J connectivity index is 1.59. The molecule has 2 N–H and O–H groups in total. The predicted molar refractivity (Wildman–Crippen MR) is 111 cm³/mol. The fraction of sp³-hybridized carbons (Fsp3) is 0.286. The van der Waals surface area contributed by atoms with Crippen molar-refractivity contribution in [3.05, 3.63) is 71.5 Å². The summed E-state index contributed by atoms with van der Waals surface area (Å²) >= 11 is 6.15. The average molecular weight is 416 g/mol. The van der Waals surface area contributed by atoms with Gasteiger partial charge in [0, 0.05) is 23.5 Å². The van der Waals surface area contributed by atoms with Crippen molar-refractivity contribution in [1.29, 1.82) is 0 Å². The Morgan fingerprint density at radius 2 is 1.86 bits per heavy atom. The highest BCUT2D eigenvalue weighted by Crippen LogP contribution is 2.33. The van der Waals surface area contributed by atoms with Gasteiger partial charge < -0.3 is 5.73 Å². The molecule has 1 aliphatic rings. The molecule has 3 aromatic rings. The minimum atomic E-state index is -3.73. The Labute approximate surface area is 170 Å². The number of fused-ring (bicyclic) bond motifs is 1. The van der Waals surface area contributed by atoms with Gasteiger partial charge in [0.05, 0.1) is 11.1 Å². The van der Waals surface area contributed by atoms with Crippen LogP contribution in [0.15, 0.2) is 65.7 Å². The van der Waals surface area contributed by atoms with Gasteiger partial charge in [-0.1, -0.05) is 54.1 Å². The number of rotatable bonds is 4. The molecule has 146 valence electrons. The summed E-state index contributed by atoms with van der Waals surface area (Å²) in [5, 5.41) is 1.49. The number of halogens is 1. The zero-order valence-corrected chi connectivity index (χ0v) is 16.9. The van der Waals surface area contributed by atoms with Gasteiger partial charge in [-0.2, -0.15) is 4.31 Å². The molecular weight excluding hydrogens is 394 g/mol. The largest absolute Gasteiger partial charge is 0.315 e. The van der Waals surface area contributed by atoms with Crippen molar-refractivity contribution in [1.82, 2.24) is 9.29 Å². The van der Waals surface area contributed by atoms with Gasteiger partial charge in [0.1, 0.15) is 5.15 Å². The van der Waals surface area contributed by atoms with E-state index in [1.807, 2.05) is 18.2 Å². The highest BCUT2D eigenvalue weighted by molar-refractivity contribution is 7.89. The molecule has 0 aliphatic carbocycles. The molecule has 0 bridgehead atoms. The Hall–Kier alpha value is -1.99. The number of hydrogen-bond donors (Lipinski definition) is 1. The summed E-state index contributed by atoms with van der Waals surface area (Å²) in [6, 6.07) is 17.0. The molecule has 0 amide bonds. The van der Waals surface area contributed by atoms with Crippen LogP contribution in [0.3, 0.4) is 0 Å². The number of pyridine rings is 1. The summed E-state index contributed by atoms with van der Waals surface area (Å²) < 4.78 is 28.2. The van der Waals surface area contributed by atoms with E-state index in [4.69, 9.17) is 17.3 Å². The topological polar surface area (TPSA) is 76.3 Å². The second kappa shape index (κ2) is 7.79. The number of nitrogens with zero attached hydrogens (tertiary/aromatic N) is 2. The van der Waals surface area contributed by atoms with Crippen LogP contribution in [0.2, 0.25) is 5.15 Å². The number of hydrogen-bond acceptors (Lipinski definition) is 4. The van der Waals surface area contributed by atoms with Crippen LogP contribution in [0.4, 0.5) is 0 Å².